The highest BCUT2D eigenvalue weighted by Crippen LogP contribution is 2.20. The van der Waals surface area contributed by atoms with Gasteiger partial charge in [0.15, 0.2) is 0 Å². The summed E-state index contributed by atoms with van der Waals surface area (Å²) in [4.78, 5) is 30.0. The normalized spacial score (nSPS) is 14.4. The van der Waals surface area contributed by atoms with Gasteiger partial charge in [0.1, 0.15) is 0 Å². The zero-order valence-corrected chi connectivity index (χ0v) is 17.6. The fraction of sp³-hybridized carbons (Fsp3) is 0.524. The van der Waals surface area contributed by atoms with Crippen molar-refractivity contribution in [2.45, 2.75) is 32.6 Å². The van der Waals surface area contributed by atoms with E-state index in [0.717, 1.165) is 5.56 Å². The lowest BCUT2D eigenvalue weighted by molar-refractivity contribution is -0.131. The second kappa shape index (κ2) is 9.07. The van der Waals surface area contributed by atoms with Crippen molar-refractivity contribution >= 4 is 17.8 Å². The van der Waals surface area contributed by atoms with Crippen LogP contribution >= 0.6 is 0 Å². The summed E-state index contributed by atoms with van der Waals surface area (Å²) in [6, 6.07) is 8.01. The number of carbonyl (C=O) groups excluding carboxylic acids is 2. The van der Waals surface area contributed by atoms with E-state index in [1.54, 1.807) is 19.0 Å². The number of anilines is 1. The molecule has 0 saturated carbocycles. The number of benzene rings is 1. The third kappa shape index (κ3) is 5.13. The molecule has 1 saturated heterocycles. The molecule has 1 aromatic carbocycles. The van der Waals surface area contributed by atoms with E-state index in [1.807, 2.05) is 47.9 Å². The van der Waals surface area contributed by atoms with Crippen molar-refractivity contribution in [1.29, 1.82) is 0 Å². The number of piperazine rings is 1. The van der Waals surface area contributed by atoms with Crippen LogP contribution in [0.15, 0.2) is 28.7 Å². The van der Waals surface area contributed by atoms with E-state index in [9.17, 15) is 9.59 Å². The number of rotatable bonds is 6. The van der Waals surface area contributed by atoms with E-state index in [2.05, 4.69) is 10.2 Å². The van der Waals surface area contributed by atoms with E-state index in [4.69, 9.17) is 4.42 Å². The van der Waals surface area contributed by atoms with Crippen LogP contribution in [0.25, 0.3) is 0 Å². The van der Waals surface area contributed by atoms with Crippen LogP contribution in [0.4, 0.5) is 6.01 Å². The minimum atomic E-state index is -0.0211. The molecule has 8 heteroatoms. The van der Waals surface area contributed by atoms with Crippen LogP contribution in [-0.2, 0) is 11.2 Å². The Labute approximate surface area is 171 Å². The van der Waals surface area contributed by atoms with Crippen LogP contribution in [0.1, 0.15) is 48.0 Å². The Hall–Kier alpha value is -2.90. The average molecular weight is 399 g/mol. The summed E-state index contributed by atoms with van der Waals surface area (Å²) in [7, 11) is 3.46. The molecule has 1 aliphatic heterocycles. The number of carbonyl (C=O) groups is 2. The first-order chi connectivity index (χ1) is 13.8. The van der Waals surface area contributed by atoms with E-state index in [0.29, 0.717) is 56.5 Å². The second-order valence-corrected chi connectivity index (χ2v) is 7.84. The molecule has 29 heavy (non-hydrogen) atoms. The summed E-state index contributed by atoms with van der Waals surface area (Å²) in [5.74, 6) is 0.963. The smallest absolute Gasteiger partial charge is 0.318 e. The Morgan fingerprint density at radius 3 is 2.28 bits per heavy atom. The molecule has 0 unspecified atom stereocenters. The lowest BCUT2D eigenvalue weighted by Crippen LogP contribution is -2.49. The van der Waals surface area contributed by atoms with Crippen molar-refractivity contribution in [1.82, 2.24) is 20.0 Å². The van der Waals surface area contributed by atoms with Crippen LogP contribution in [0.5, 0.6) is 0 Å². The Morgan fingerprint density at radius 2 is 1.72 bits per heavy atom. The molecule has 1 aliphatic rings. The van der Waals surface area contributed by atoms with Crippen molar-refractivity contribution in [2.75, 3.05) is 45.2 Å². The number of amides is 2. The first kappa shape index (κ1) is 20.8. The van der Waals surface area contributed by atoms with E-state index in [1.165, 1.54) is 0 Å². The standard InChI is InChI=1S/C21H29N5O3/c1-15(2)19-22-23-21(29-19)26-13-11-25(12-14-26)18(27)10-7-16-5-8-17(9-6-16)20(28)24(3)4/h5-6,8-9,15H,7,10-14H2,1-4H3. The highest BCUT2D eigenvalue weighted by Gasteiger charge is 2.24. The van der Waals surface area contributed by atoms with Crippen LogP contribution in [0.3, 0.4) is 0 Å². The van der Waals surface area contributed by atoms with Gasteiger partial charge in [-0.25, -0.2) is 0 Å². The maximum Gasteiger partial charge on any atom is 0.318 e. The predicted octanol–water partition coefficient (Wildman–Crippen LogP) is 2.18. The topological polar surface area (TPSA) is 82.8 Å². The largest absolute Gasteiger partial charge is 0.408 e. The van der Waals surface area contributed by atoms with Crippen molar-refractivity contribution in [3.63, 3.8) is 0 Å². The molecule has 0 spiro atoms. The van der Waals surface area contributed by atoms with Gasteiger partial charge in [0.05, 0.1) is 0 Å². The highest BCUT2D eigenvalue weighted by atomic mass is 16.4. The van der Waals surface area contributed by atoms with Crippen LogP contribution in [0.2, 0.25) is 0 Å². The highest BCUT2D eigenvalue weighted by molar-refractivity contribution is 5.93. The maximum absolute atomic E-state index is 12.6. The Kier molecular flexibility index (Phi) is 6.51. The molecule has 2 amide bonds. The van der Waals surface area contributed by atoms with Gasteiger partial charge < -0.3 is 19.1 Å². The molecule has 0 aliphatic carbocycles. The van der Waals surface area contributed by atoms with Gasteiger partial charge in [-0.2, -0.15) is 0 Å². The molecule has 156 valence electrons. The third-order valence-corrected chi connectivity index (χ3v) is 5.06. The summed E-state index contributed by atoms with van der Waals surface area (Å²) in [5.41, 5.74) is 1.71. The second-order valence-electron chi connectivity index (χ2n) is 7.84. The Bertz CT molecular complexity index is 836. The molecule has 1 aromatic heterocycles. The fourth-order valence-corrected chi connectivity index (χ4v) is 3.22. The van der Waals surface area contributed by atoms with Gasteiger partial charge in [0.25, 0.3) is 5.91 Å². The van der Waals surface area contributed by atoms with Crippen molar-refractivity contribution in [3.8, 4) is 0 Å². The van der Waals surface area contributed by atoms with Gasteiger partial charge in [-0.1, -0.05) is 31.1 Å². The van der Waals surface area contributed by atoms with Crippen LogP contribution in [-0.4, -0.2) is 72.1 Å². The first-order valence-electron chi connectivity index (χ1n) is 10.0. The molecule has 0 N–H and O–H groups in total. The lowest BCUT2D eigenvalue weighted by Gasteiger charge is -2.33. The van der Waals surface area contributed by atoms with Gasteiger partial charge in [0, 0.05) is 58.2 Å². The number of aromatic nitrogens is 2. The quantitative estimate of drug-likeness (QED) is 0.740. The van der Waals surface area contributed by atoms with Crippen LogP contribution in [0, 0.1) is 0 Å². The van der Waals surface area contributed by atoms with Crippen molar-refractivity contribution < 1.29 is 14.0 Å². The van der Waals surface area contributed by atoms with Crippen molar-refractivity contribution in [3.05, 3.63) is 41.3 Å². The molecule has 3 rings (SSSR count). The number of hydrogen-bond donors (Lipinski definition) is 0. The zero-order chi connectivity index (χ0) is 21.0. The number of aryl methyl sites for hydroxylation is 1. The number of nitrogens with zero attached hydrogens (tertiary/aromatic N) is 5. The molecule has 2 heterocycles. The predicted molar refractivity (Wildman–Crippen MR) is 110 cm³/mol. The van der Waals surface area contributed by atoms with Crippen LogP contribution < -0.4 is 4.90 Å². The third-order valence-electron chi connectivity index (χ3n) is 5.06. The molecule has 1 fully saturated rings. The minimum absolute atomic E-state index is 0.0211. The van der Waals surface area contributed by atoms with Gasteiger partial charge in [-0.15, -0.1) is 5.10 Å². The Balaban J connectivity index is 1.46. The van der Waals surface area contributed by atoms with Gasteiger partial charge in [-0.3, -0.25) is 9.59 Å². The first-order valence-corrected chi connectivity index (χ1v) is 10.0. The van der Waals surface area contributed by atoms with Crippen molar-refractivity contribution in [2.24, 2.45) is 0 Å². The molecular weight excluding hydrogens is 370 g/mol. The average Bonchev–Trinajstić information content (AvgIpc) is 3.22. The summed E-state index contributed by atoms with van der Waals surface area (Å²) in [5, 5.41) is 8.19. The maximum atomic E-state index is 12.6. The SMILES string of the molecule is CC(C)c1nnc(N2CCN(C(=O)CCc3ccc(C(=O)N(C)C)cc3)CC2)o1. The zero-order valence-electron chi connectivity index (χ0n) is 17.6. The molecular formula is C21H29N5O3. The molecule has 2 aromatic rings. The van der Waals surface area contributed by atoms with E-state index < -0.39 is 0 Å². The van der Waals surface area contributed by atoms with Gasteiger partial charge in [-0.05, 0) is 24.1 Å². The number of hydrogen-bond acceptors (Lipinski definition) is 6. The van der Waals surface area contributed by atoms with Gasteiger partial charge >= 0.3 is 6.01 Å². The molecule has 0 atom stereocenters. The van der Waals surface area contributed by atoms with Gasteiger partial charge in [0.2, 0.25) is 11.8 Å². The monoisotopic (exact) mass is 399 g/mol. The van der Waals surface area contributed by atoms with E-state index in [-0.39, 0.29) is 17.7 Å². The fourth-order valence-electron chi connectivity index (χ4n) is 3.22. The summed E-state index contributed by atoms with van der Waals surface area (Å²) < 4.78 is 5.70. The molecule has 8 nitrogen and oxygen atoms in total. The molecule has 0 radical (unpaired) electrons. The van der Waals surface area contributed by atoms with E-state index >= 15 is 0 Å². The summed E-state index contributed by atoms with van der Waals surface area (Å²) in [6.45, 7) is 6.70. The summed E-state index contributed by atoms with van der Waals surface area (Å²) >= 11 is 0. The lowest BCUT2D eigenvalue weighted by atomic mass is 10.1. The Morgan fingerprint density at radius 1 is 1.07 bits per heavy atom. The summed E-state index contributed by atoms with van der Waals surface area (Å²) in [6.07, 6.45) is 1.12. The molecule has 0 bridgehead atoms. The minimum Gasteiger partial charge on any atom is -0.408 e.